The van der Waals surface area contributed by atoms with E-state index in [1.807, 2.05) is 6.92 Å². The summed E-state index contributed by atoms with van der Waals surface area (Å²) in [5.41, 5.74) is -2.59. The summed E-state index contributed by atoms with van der Waals surface area (Å²) in [6.45, 7) is 3.70. The first-order valence-corrected chi connectivity index (χ1v) is 7.26. The molecule has 0 unspecified atom stereocenters. The van der Waals surface area contributed by atoms with Gasteiger partial charge in [0.25, 0.3) is 0 Å². The molecule has 2 N–H and O–H groups in total. The van der Waals surface area contributed by atoms with Gasteiger partial charge in [0.1, 0.15) is 12.7 Å². The molecule has 114 valence electrons. The van der Waals surface area contributed by atoms with Gasteiger partial charge in [-0.3, -0.25) is 4.79 Å². The summed E-state index contributed by atoms with van der Waals surface area (Å²) in [5, 5.41) is 21.3. The van der Waals surface area contributed by atoms with Crippen LogP contribution in [0.3, 0.4) is 0 Å². The second kappa shape index (κ2) is 3.50. The van der Waals surface area contributed by atoms with E-state index in [1.165, 1.54) is 0 Å². The Morgan fingerprint density at radius 2 is 2.10 bits per heavy atom. The molecule has 4 rings (SSSR count). The molecule has 21 heavy (non-hydrogen) atoms. The maximum Gasteiger partial charge on any atom is 0.343 e. The highest BCUT2D eigenvalue weighted by Gasteiger charge is 2.76. The highest BCUT2D eigenvalue weighted by Crippen LogP contribution is 2.67. The van der Waals surface area contributed by atoms with E-state index in [0.717, 1.165) is 5.57 Å². The lowest BCUT2D eigenvalue weighted by Gasteiger charge is -2.56. The molecule has 2 aliphatic heterocycles. The summed E-state index contributed by atoms with van der Waals surface area (Å²) in [4.78, 5) is 24.2. The van der Waals surface area contributed by atoms with Crippen LogP contribution in [0, 0.1) is 16.7 Å². The zero-order valence-electron chi connectivity index (χ0n) is 12.0. The van der Waals surface area contributed by atoms with Gasteiger partial charge in [-0.1, -0.05) is 18.6 Å². The van der Waals surface area contributed by atoms with E-state index >= 15 is 0 Å². The van der Waals surface area contributed by atoms with Crippen molar-refractivity contribution in [3.8, 4) is 0 Å². The molecular formula is C15H18O6. The molecule has 0 amide bonds. The van der Waals surface area contributed by atoms with Crippen LogP contribution in [0.5, 0.6) is 0 Å². The van der Waals surface area contributed by atoms with Crippen LogP contribution in [0.25, 0.3) is 0 Å². The van der Waals surface area contributed by atoms with Crippen molar-refractivity contribution in [3.63, 3.8) is 0 Å². The molecule has 2 aliphatic carbocycles. The smallest absolute Gasteiger partial charge is 0.343 e. The maximum absolute atomic E-state index is 12.1. The number of ether oxygens (including phenoxy) is 2. The van der Waals surface area contributed by atoms with Crippen LogP contribution >= 0.6 is 0 Å². The standard InChI is InChI=1S/C15H18O6/c1-7-8(16)3-9-13(2)6-20-12(18)15(13,19)10-4-14(7,9)5-11(17)21-10/h3,7-8,10,16,19H,4-6H2,1-2H3/t7-,8-,10+,13-,14+,15+/m0/s1. The van der Waals surface area contributed by atoms with E-state index in [4.69, 9.17) is 9.47 Å². The molecule has 1 spiro atoms. The number of carbonyl (C=O) groups excluding carboxylic acids is 2. The summed E-state index contributed by atoms with van der Waals surface area (Å²) >= 11 is 0. The van der Waals surface area contributed by atoms with Gasteiger partial charge >= 0.3 is 11.9 Å². The van der Waals surface area contributed by atoms with Gasteiger partial charge in [0, 0.05) is 5.41 Å². The lowest BCUT2D eigenvalue weighted by atomic mass is 9.50. The minimum atomic E-state index is -1.86. The first-order valence-electron chi connectivity index (χ1n) is 7.26. The molecule has 2 heterocycles. The second-order valence-corrected chi connectivity index (χ2v) is 7.05. The van der Waals surface area contributed by atoms with Crippen molar-refractivity contribution in [2.24, 2.45) is 16.7 Å². The fourth-order valence-electron chi connectivity index (χ4n) is 4.90. The molecule has 2 saturated heterocycles. The Bertz CT molecular complexity index is 597. The number of rotatable bonds is 0. The number of hydrogen-bond donors (Lipinski definition) is 2. The van der Waals surface area contributed by atoms with E-state index in [2.05, 4.69) is 0 Å². The van der Waals surface area contributed by atoms with E-state index in [1.54, 1.807) is 13.0 Å². The molecule has 6 atom stereocenters. The Labute approximate surface area is 121 Å². The van der Waals surface area contributed by atoms with Crippen LogP contribution < -0.4 is 0 Å². The molecule has 0 radical (unpaired) electrons. The fourth-order valence-corrected chi connectivity index (χ4v) is 4.90. The largest absolute Gasteiger partial charge is 0.462 e. The SMILES string of the molecule is C[C@H]1[C@@H](O)C=C2[C@]13CC(=O)O[C@H](C3)[C@@]1(O)C(=O)OC[C@@]21C. The number of carbonyl (C=O) groups is 2. The van der Waals surface area contributed by atoms with Gasteiger partial charge < -0.3 is 19.7 Å². The minimum absolute atomic E-state index is 0.0450. The molecule has 2 bridgehead atoms. The number of aliphatic hydroxyl groups excluding tert-OH is 1. The van der Waals surface area contributed by atoms with Gasteiger partial charge in [-0.15, -0.1) is 0 Å². The third-order valence-electron chi connectivity index (χ3n) is 6.25. The van der Waals surface area contributed by atoms with Crippen LogP contribution in [0.15, 0.2) is 11.6 Å². The van der Waals surface area contributed by atoms with Crippen molar-refractivity contribution in [1.82, 2.24) is 0 Å². The van der Waals surface area contributed by atoms with Crippen LogP contribution in [0.4, 0.5) is 0 Å². The second-order valence-electron chi connectivity index (χ2n) is 7.05. The molecule has 0 aromatic heterocycles. The first-order chi connectivity index (χ1) is 9.75. The van der Waals surface area contributed by atoms with Crippen molar-refractivity contribution in [3.05, 3.63) is 11.6 Å². The third-order valence-corrected chi connectivity index (χ3v) is 6.25. The third kappa shape index (κ3) is 1.19. The van der Waals surface area contributed by atoms with Gasteiger partial charge in [0.2, 0.25) is 5.60 Å². The van der Waals surface area contributed by atoms with Gasteiger partial charge in [0.15, 0.2) is 0 Å². The number of aliphatic hydroxyl groups is 2. The van der Waals surface area contributed by atoms with Crippen molar-refractivity contribution in [1.29, 1.82) is 0 Å². The molecule has 6 heteroatoms. The quantitative estimate of drug-likeness (QED) is 0.479. The number of cyclic esters (lactones) is 1. The number of fused-ring (bicyclic) bond motifs is 4. The summed E-state index contributed by atoms with van der Waals surface area (Å²) < 4.78 is 10.4. The lowest BCUT2D eigenvalue weighted by Crippen LogP contribution is -2.68. The average Bonchev–Trinajstić information content (AvgIpc) is 2.81. The van der Waals surface area contributed by atoms with E-state index in [0.29, 0.717) is 6.42 Å². The Morgan fingerprint density at radius 1 is 1.38 bits per heavy atom. The maximum atomic E-state index is 12.1. The predicted octanol–water partition coefficient (Wildman–Crippen LogP) is -0.0768. The lowest BCUT2D eigenvalue weighted by molar-refractivity contribution is -0.214. The van der Waals surface area contributed by atoms with Crippen LogP contribution in [-0.2, 0) is 19.1 Å². The fraction of sp³-hybridized carbons (Fsp3) is 0.733. The van der Waals surface area contributed by atoms with E-state index in [-0.39, 0.29) is 18.9 Å². The molecule has 4 aliphatic rings. The van der Waals surface area contributed by atoms with Gasteiger partial charge in [0.05, 0.1) is 17.9 Å². The van der Waals surface area contributed by atoms with Crippen LogP contribution in [-0.4, -0.2) is 46.6 Å². The highest BCUT2D eigenvalue weighted by molar-refractivity contribution is 5.87. The van der Waals surface area contributed by atoms with Gasteiger partial charge in [-0.2, -0.15) is 0 Å². The Hall–Kier alpha value is -1.40. The molecule has 6 nitrogen and oxygen atoms in total. The van der Waals surface area contributed by atoms with Crippen LogP contribution in [0.1, 0.15) is 26.7 Å². The Kier molecular flexibility index (Phi) is 2.21. The topological polar surface area (TPSA) is 93.1 Å². The highest BCUT2D eigenvalue weighted by atomic mass is 16.6. The van der Waals surface area contributed by atoms with Crippen molar-refractivity contribution in [2.45, 2.75) is 44.5 Å². The minimum Gasteiger partial charge on any atom is -0.462 e. The number of hydrogen-bond acceptors (Lipinski definition) is 6. The normalized spacial score (nSPS) is 54.5. The van der Waals surface area contributed by atoms with Crippen molar-refractivity contribution >= 4 is 11.9 Å². The zero-order valence-corrected chi connectivity index (χ0v) is 12.0. The summed E-state index contributed by atoms with van der Waals surface area (Å²) in [6, 6.07) is 0. The van der Waals surface area contributed by atoms with E-state index < -0.39 is 40.6 Å². The van der Waals surface area contributed by atoms with Crippen molar-refractivity contribution < 1.29 is 29.3 Å². The van der Waals surface area contributed by atoms with E-state index in [9.17, 15) is 19.8 Å². The molecule has 1 saturated carbocycles. The average molecular weight is 294 g/mol. The molecule has 0 aromatic carbocycles. The summed E-state index contributed by atoms with van der Waals surface area (Å²) in [7, 11) is 0. The molecule has 3 fully saturated rings. The Balaban J connectivity index is 1.97. The molecule has 0 aromatic rings. The molecular weight excluding hydrogens is 276 g/mol. The zero-order chi connectivity index (χ0) is 15.2. The van der Waals surface area contributed by atoms with Crippen molar-refractivity contribution in [2.75, 3.05) is 6.61 Å². The van der Waals surface area contributed by atoms with Crippen LogP contribution in [0.2, 0.25) is 0 Å². The Morgan fingerprint density at radius 3 is 2.81 bits per heavy atom. The van der Waals surface area contributed by atoms with Gasteiger partial charge in [-0.25, -0.2) is 4.79 Å². The first kappa shape index (κ1) is 13.3. The monoisotopic (exact) mass is 294 g/mol. The van der Waals surface area contributed by atoms with Gasteiger partial charge in [-0.05, 0) is 19.3 Å². The summed E-state index contributed by atoms with van der Waals surface area (Å²) in [6.07, 6.45) is 0.620. The number of esters is 2. The predicted molar refractivity (Wildman–Crippen MR) is 68.8 cm³/mol. The summed E-state index contributed by atoms with van der Waals surface area (Å²) in [5.74, 6) is -1.33.